The lowest BCUT2D eigenvalue weighted by atomic mass is 10.1. The first-order valence-electron chi connectivity index (χ1n) is 9.65. The fraction of sp³-hybridized carbons (Fsp3) is 0.0417. The third-order valence-electron chi connectivity index (χ3n) is 4.78. The van der Waals surface area contributed by atoms with Gasteiger partial charge in [-0.15, -0.1) is 11.3 Å². The minimum Gasteiger partial charge on any atom is -0.465 e. The molecule has 1 aromatic heterocycles. The van der Waals surface area contributed by atoms with E-state index in [1.165, 1.54) is 36.6 Å². The van der Waals surface area contributed by atoms with Crippen molar-refractivity contribution in [1.29, 1.82) is 0 Å². The molecular formula is C24H16Cl2N2O4S. The number of fused-ring (bicyclic) bond motifs is 1. The Kier molecular flexibility index (Phi) is 6.65. The molecule has 0 atom stereocenters. The Balaban J connectivity index is 1.65. The number of carbonyl (C=O) groups excluding carboxylic acids is 3. The Morgan fingerprint density at radius 3 is 2.30 bits per heavy atom. The predicted molar refractivity (Wildman–Crippen MR) is 132 cm³/mol. The summed E-state index contributed by atoms with van der Waals surface area (Å²) in [4.78, 5) is 38.3. The van der Waals surface area contributed by atoms with Crippen molar-refractivity contribution in [1.82, 2.24) is 0 Å². The van der Waals surface area contributed by atoms with Crippen molar-refractivity contribution in [2.75, 3.05) is 17.7 Å². The van der Waals surface area contributed by atoms with Crippen molar-refractivity contribution in [3.8, 4) is 0 Å². The number of esters is 1. The van der Waals surface area contributed by atoms with Crippen LogP contribution < -0.4 is 10.6 Å². The number of amides is 2. The molecule has 2 N–H and O–H groups in total. The summed E-state index contributed by atoms with van der Waals surface area (Å²) in [7, 11) is 1.23. The summed E-state index contributed by atoms with van der Waals surface area (Å²) in [5, 5.41) is 7.07. The number of benzene rings is 3. The van der Waals surface area contributed by atoms with Crippen LogP contribution in [-0.2, 0) is 4.74 Å². The van der Waals surface area contributed by atoms with Crippen LogP contribution in [0, 0.1) is 0 Å². The number of thiophene rings is 1. The molecule has 166 valence electrons. The van der Waals surface area contributed by atoms with E-state index < -0.39 is 17.8 Å². The van der Waals surface area contributed by atoms with Crippen molar-refractivity contribution in [2.24, 2.45) is 0 Å². The van der Waals surface area contributed by atoms with Crippen molar-refractivity contribution >= 4 is 73.8 Å². The topological polar surface area (TPSA) is 84.5 Å². The lowest BCUT2D eigenvalue weighted by molar-refractivity contribution is 0.0601. The highest BCUT2D eigenvalue weighted by Gasteiger charge is 2.21. The molecule has 0 aliphatic heterocycles. The summed E-state index contributed by atoms with van der Waals surface area (Å²) in [6.07, 6.45) is 0. The second-order valence-corrected chi connectivity index (χ2v) is 8.78. The molecule has 0 aliphatic carbocycles. The monoisotopic (exact) mass is 498 g/mol. The maximum absolute atomic E-state index is 13.0. The summed E-state index contributed by atoms with van der Waals surface area (Å²) in [5.74, 6) is -1.58. The van der Waals surface area contributed by atoms with E-state index in [9.17, 15) is 14.4 Å². The Morgan fingerprint density at radius 1 is 0.879 bits per heavy atom. The van der Waals surface area contributed by atoms with Crippen LogP contribution in [0.2, 0.25) is 10.0 Å². The molecule has 0 saturated heterocycles. The summed E-state index contributed by atoms with van der Waals surface area (Å²) < 4.78 is 5.67. The van der Waals surface area contributed by atoms with E-state index in [1.54, 1.807) is 24.3 Å². The molecule has 0 radical (unpaired) electrons. The number of carbonyl (C=O) groups is 3. The molecule has 0 bridgehead atoms. The molecule has 9 heteroatoms. The Hall–Kier alpha value is -3.39. The second-order valence-electron chi connectivity index (χ2n) is 6.91. The maximum atomic E-state index is 13.0. The van der Waals surface area contributed by atoms with Gasteiger partial charge in [-0.25, -0.2) is 4.79 Å². The Bertz CT molecular complexity index is 1380. The van der Waals surface area contributed by atoms with Gasteiger partial charge in [-0.1, -0.05) is 41.4 Å². The average Bonchev–Trinajstić information content (AvgIpc) is 3.16. The summed E-state index contributed by atoms with van der Waals surface area (Å²) in [5.41, 5.74) is 1.01. The smallest absolute Gasteiger partial charge is 0.339 e. The first-order valence-corrected chi connectivity index (χ1v) is 11.2. The number of halogens is 2. The van der Waals surface area contributed by atoms with Gasteiger partial charge in [-0.3, -0.25) is 9.59 Å². The molecule has 0 aliphatic rings. The largest absolute Gasteiger partial charge is 0.465 e. The Morgan fingerprint density at radius 2 is 1.61 bits per heavy atom. The van der Waals surface area contributed by atoms with Gasteiger partial charge in [0, 0.05) is 26.4 Å². The molecule has 0 fully saturated rings. The minimum atomic E-state index is -0.655. The normalized spacial score (nSPS) is 10.6. The third kappa shape index (κ3) is 4.85. The lowest BCUT2D eigenvalue weighted by Gasteiger charge is -2.12. The van der Waals surface area contributed by atoms with Gasteiger partial charge in [0.05, 0.1) is 23.4 Å². The van der Waals surface area contributed by atoms with Gasteiger partial charge in [-0.2, -0.15) is 0 Å². The molecular weight excluding hydrogens is 483 g/mol. The van der Waals surface area contributed by atoms with Crippen molar-refractivity contribution in [3.63, 3.8) is 0 Å². The third-order valence-corrected chi connectivity index (χ3v) is 6.70. The molecule has 0 saturated carbocycles. The SMILES string of the molecule is COC(=O)c1ccc(C(=O)Nc2ccc(Cl)cc2)cc1NC(=O)c1sc2ccccc2c1Cl. The predicted octanol–water partition coefficient (Wildman–Crippen LogP) is 6.50. The molecule has 3 aromatic carbocycles. The summed E-state index contributed by atoms with van der Waals surface area (Å²) in [6.45, 7) is 0. The minimum absolute atomic E-state index is 0.103. The first-order chi connectivity index (χ1) is 15.9. The zero-order valence-corrected chi connectivity index (χ0v) is 19.5. The standard InChI is InChI=1S/C24H16Cl2N2O4S/c1-32-24(31)16-11-6-13(22(29)27-15-9-7-14(25)8-10-15)12-18(16)28-23(30)21-20(26)17-4-2-3-5-19(17)33-21/h2-12H,1H3,(H,27,29)(H,28,30). The number of anilines is 2. The summed E-state index contributed by atoms with van der Waals surface area (Å²) in [6, 6.07) is 18.3. The summed E-state index contributed by atoms with van der Waals surface area (Å²) >= 11 is 13.5. The number of hydrogen-bond donors (Lipinski definition) is 2. The molecule has 0 unspecified atom stereocenters. The van der Waals surface area contributed by atoms with Crippen LogP contribution in [0.5, 0.6) is 0 Å². The molecule has 2 amide bonds. The van der Waals surface area contributed by atoms with E-state index in [1.807, 2.05) is 24.3 Å². The van der Waals surface area contributed by atoms with E-state index in [0.29, 0.717) is 20.6 Å². The van der Waals surface area contributed by atoms with Crippen LogP contribution in [0.3, 0.4) is 0 Å². The molecule has 6 nitrogen and oxygen atoms in total. The fourth-order valence-electron chi connectivity index (χ4n) is 3.15. The van der Waals surface area contributed by atoms with Crippen LogP contribution in [0.1, 0.15) is 30.4 Å². The van der Waals surface area contributed by atoms with Crippen molar-refractivity contribution < 1.29 is 19.1 Å². The molecule has 4 aromatic rings. The van der Waals surface area contributed by atoms with Crippen LogP contribution >= 0.6 is 34.5 Å². The van der Waals surface area contributed by atoms with Gasteiger partial charge in [-0.05, 0) is 48.5 Å². The van der Waals surface area contributed by atoms with Crippen LogP contribution in [0.4, 0.5) is 11.4 Å². The van der Waals surface area contributed by atoms with Crippen molar-refractivity contribution in [3.05, 3.63) is 92.8 Å². The Labute approximate surface area is 203 Å². The highest BCUT2D eigenvalue weighted by Crippen LogP contribution is 2.35. The van der Waals surface area contributed by atoms with Gasteiger partial charge in [0.15, 0.2) is 0 Å². The highest BCUT2D eigenvalue weighted by molar-refractivity contribution is 7.21. The van der Waals surface area contributed by atoms with E-state index in [2.05, 4.69) is 10.6 Å². The first kappa shape index (κ1) is 22.8. The zero-order valence-electron chi connectivity index (χ0n) is 17.1. The number of rotatable bonds is 5. The molecule has 1 heterocycles. The van der Waals surface area contributed by atoms with E-state index in [-0.39, 0.29) is 16.8 Å². The van der Waals surface area contributed by atoms with E-state index >= 15 is 0 Å². The van der Waals surface area contributed by atoms with Gasteiger partial charge < -0.3 is 15.4 Å². The maximum Gasteiger partial charge on any atom is 0.339 e. The van der Waals surface area contributed by atoms with Crippen LogP contribution in [0.25, 0.3) is 10.1 Å². The molecule has 4 rings (SSSR count). The zero-order chi connectivity index (χ0) is 23.5. The van der Waals surface area contributed by atoms with Gasteiger partial charge in [0.25, 0.3) is 11.8 Å². The van der Waals surface area contributed by atoms with E-state index in [0.717, 1.165) is 10.1 Å². The highest BCUT2D eigenvalue weighted by atomic mass is 35.5. The second kappa shape index (κ2) is 9.62. The number of methoxy groups -OCH3 is 1. The average molecular weight is 499 g/mol. The van der Waals surface area contributed by atoms with Gasteiger partial charge in [0.2, 0.25) is 0 Å². The van der Waals surface area contributed by atoms with Gasteiger partial charge in [0.1, 0.15) is 4.88 Å². The molecule has 0 spiro atoms. The van der Waals surface area contributed by atoms with Gasteiger partial charge >= 0.3 is 5.97 Å². The number of ether oxygens (including phenoxy) is 1. The lowest BCUT2D eigenvalue weighted by Crippen LogP contribution is -2.17. The van der Waals surface area contributed by atoms with Crippen LogP contribution in [0.15, 0.2) is 66.7 Å². The number of hydrogen-bond acceptors (Lipinski definition) is 5. The van der Waals surface area contributed by atoms with Crippen molar-refractivity contribution in [2.45, 2.75) is 0 Å². The quantitative estimate of drug-likeness (QED) is 0.307. The van der Waals surface area contributed by atoms with E-state index in [4.69, 9.17) is 27.9 Å². The molecule has 33 heavy (non-hydrogen) atoms. The fourth-order valence-corrected chi connectivity index (χ4v) is 4.69. The van der Waals surface area contributed by atoms with Crippen LogP contribution in [-0.4, -0.2) is 24.9 Å². The number of nitrogens with one attached hydrogen (secondary N) is 2.